The lowest BCUT2D eigenvalue weighted by molar-refractivity contribution is -0.137. The Morgan fingerprint density at radius 2 is 2.00 bits per heavy atom. The van der Waals surface area contributed by atoms with Gasteiger partial charge in [0.05, 0.1) is 0 Å². The van der Waals surface area contributed by atoms with Gasteiger partial charge in [0, 0.05) is 0 Å². The van der Waals surface area contributed by atoms with Gasteiger partial charge in [-0.3, -0.25) is 0 Å². The summed E-state index contributed by atoms with van der Waals surface area (Å²) >= 11 is 0. The summed E-state index contributed by atoms with van der Waals surface area (Å²) in [7, 11) is 0. The average Bonchev–Trinajstić information content (AvgIpc) is 1.60. The maximum absolute atomic E-state index is 2.42. The van der Waals surface area contributed by atoms with Crippen LogP contribution in [0.15, 0.2) is 0 Å². The fourth-order valence-corrected chi connectivity index (χ4v) is 3.31. The first-order valence-corrected chi connectivity index (χ1v) is 4.11. The fraction of sp³-hybridized carbons (Fsp3) is 1.00. The topological polar surface area (TPSA) is 0 Å². The minimum atomic E-state index is 0.711. The third-order valence-electron chi connectivity index (χ3n) is 3.49. The molecule has 0 saturated heterocycles. The van der Waals surface area contributed by atoms with E-state index in [0.717, 1.165) is 17.8 Å². The van der Waals surface area contributed by atoms with E-state index in [1.165, 1.54) is 12.8 Å². The molecule has 0 amide bonds. The fourth-order valence-electron chi connectivity index (χ4n) is 3.31. The lowest BCUT2D eigenvalue weighted by Gasteiger charge is -2.63. The average molecular weight is 124 g/mol. The largest absolute Gasteiger partial charge is 0.0622 e. The molecule has 9 heavy (non-hydrogen) atoms. The standard InChI is InChI=1S/C9H16/c1-6-4-7-5-9(2,3)8(6)7/h6-8H,4-5H2,1-3H3/t6?,7?,8-/m0/s1. The molecule has 2 unspecified atom stereocenters. The molecule has 2 aliphatic rings. The van der Waals surface area contributed by atoms with Gasteiger partial charge in [-0.1, -0.05) is 20.8 Å². The third-order valence-corrected chi connectivity index (χ3v) is 3.49. The summed E-state index contributed by atoms with van der Waals surface area (Å²) in [4.78, 5) is 0. The van der Waals surface area contributed by atoms with Gasteiger partial charge in [0.25, 0.3) is 0 Å². The van der Waals surface area contributed by atoms with Crippen molar-refractivity contribution < 1.29 is 0 Å². The maximum atomic E-state index is 2.42. The van der Waals surface area contributed by atoms with Crippen LogP contribution in [0, 0.1) is 23.2 Å². The first-order chi connectivity index (χ1) is 4.11. The van der Waals surface area contributed by atoms with Crippen LogP contribution in [0.1, 0.15) is 33.6 Å². The number of rotatable bonds is 0. The summed E-state index contributed by atoms with van der Waals surface area (Å²) in [6.07, 6.45) is 3.02. The normalized spacial score (nSPS) is 53.0. The Bertz CT molecular complexity index is 131. The molecule has 2 saturated carbocycles. The van der Waals surface area contributed by atoms with Crippen molar-refractivity contribution in [2.24, 2.45) is 23.2 Å². The quantitative estimate of drug-likeness (QED) is 0.465. The van der Waals surface area contributed by atoms with Gasteiger partial charge >= 0.3 is 0 Å². The second-order valence-electron chi connectivity index (χ2n) is 4.69. The van der Waals surface area contributed by atoms with E-state index in [0.29, 0.717) is 5.41 Å². The molecule has 0 spiro atoms. The molecule has 2 fully saturated rings. The van der Waals surface area contributed by atoms with Crippen molar-refractivity contribution in [2.75, 3.05) is 0 Å². The van der Waals surface area contributed by atoms with Crippen LogP contribution < -0.4 is 0 Å². The molecule has 0 bridgehead atoms. The van der Waals surface area contributed by atoms with Crippen molar-refractivity contribution in [1.82, 2.24) is 0 Å². The molecule has 0 aliphatic heterocycles. The van der Waals surface area contributed by atoms with Gasteiger partial charge in [0.2, 0.25) is 0 Å². The molecule has 0 nitrogen and oxygen atoms in total. The molecule has 0 heterocycles. The van der Waals surface area contributed by atoms with Crippen LogP contribution in [0.25, 0.3) is 0 Å². The van der Waals surface area contributed by atoms with Crippen LogP contribution in [0.3, 0.4) is 0 Å². The van der Waals surface area contributed by atoms with E-state index in [2.05, 4.69) is 20.8 Å². The zero-order valence-corrected chi connectivity index (χ0v) is 6.65. The van der Waals surface area contributed by atoms with Crippen LogP contribution in [0.2, 0.25) is 0 Å². The SMILES string of the molecule is CC1CC2CC(C)(C)[C@@H]12. The number of hydrogen-bond donors (Lipinski definition) is 0. The summed E-state index contributed by atoms with van der Waals surface area (Å²) in [5.74, 6) is 3.27. The molecule has 0 N–H and O–H groups in total. The molecule has 2 rings (SSSR count). The van der Waals surface area contributed by atoms with Crippen LogP contribution in [-0.2, 0) is 0 Å². The lowest BCUT2D eigenvalue weighted by atomic mass is 9.42. The van der Waals surface area contributed by atoms with E-state index >= 15 is 0 Å². The summed E-state index contributed by atoms with van der Waals surface area (Å²) in [6.45, 7) is 7.25. The van der Waals surface area contributed by atoms with Crippen LogP contribution >= 0.6 is 0 Å². The predicted octanol–water partition coefficient (Wildman–Crippen LogP) is 2.69. The van der Waals surface area contributed by atoms with Crippen molar-refractivity contribution in [1.29, 1.82) is 0 Å². The van der Waals surface area contributed by atoms with Crippen molar-refractivity contribution in [3.8, 4) is 0 Å². The van der Waals surface area contributed by atoms with Gasteiger partial charge in [0.1, 0.15) is 0 Å². The first-order valence-electron chi connectivity index (χ1n) is 4.11. The summed E-state index contributed by atoms with van der Waals surface area (Å²) in [5, 5.41) is 0. The third kappa shape index (κ3) is 0.544. The molecule has 0 radical (unpaired) electrons. The molecule has 0 aromatic heterocycles. The van der Waals surface area contributed by atoms with Gasteiger partial charge in [-0.15, -0.1) is 0 Å². The molecule has 0 aromatic rings. The Balaban J connectivity index is 2.07. The van der Waals surface area contributed by atoms with Crippen molar-refractivity contribution in [3.63, 3.8) is 0 Å². The highest BCUT2D eigenvalue weighted by molar-refractivity contribution is 5.05. The van der Waals surface area contributed by atoms with E-state index in [-0.39, 0.29) is 0 Å². The number of hydrogen-bond acceptors (Lipinski definition) is 0. The van der Waals surface area contributed by atoms with Gasteiger partial charge in [-0.05, 0) is 36.0 Å². The Hall–Kier alpha value is 0. The van der Waals surface area contributed by atoms with E-state index in [1.807, 2.05) is 0 Å². The second kappa shape index (κ2) is 1.36. The molecule has 2 aliphatic carbocycles. The molecule has 0 aromatic carbocycles. The number of fused-ring (bicyclic) bond motifs is 1. The molecular formula is C9H16. The zero-order chi connectivity index (χ0) is 6.65. The maximum Gasteiger partial charge on any atom is -0.0308 e. The highest BCUT2D eigenvalue weighted by Gasteiger charge is 2.56. The molecule has 52 valence electrons. The van der Waals surface area contributed by atoms with Crippen molar-refractivity contribution in [2.45, 2.75) is 33.6 Å². The van der Waals surface area contributed by atoms with E-state index in [9.17, 15) is 0 Å². The van der Waals surface area contributed by atoms with Gasteiger partial charge in [-0.25, -0.2) is 0 Å². The van der Waals surface area contributed by atoms with Crippen LogP contribution in [-0.4, -0.2) is 0 Å². The summed E-state index contributed by atoms with van der Waals surface area (Å²) in [6, 6.07) is 0. The Morgan fingerprint density at radius 1 is 1.33 bits per heavy atom. The molecular weight excluding hydrogens is 108 g/mol. The monoisotopic (exact) mass is 124 g/mol. The summed E-state index contributed by atoms with van der Waals surface area (Å²) in [5.41, 5.74) is 0.711. The van der Waals surface area contributed by atoms with Crippen LogP contribution in [0.5, 0.6) is 0 Å². The van der Waals surface area contributed by atoms with Crippen LogP contribution in [0.4, 0.5) is 0 Å². The first kappa shape index (κ1) is 5.76. The minimum Gasteiger partial charge on any atom is -0.0622 e. The van der Waals surface area contributed by atoms with Gasteiger partial charge < -0.3 is 0 Å². The Labute approximate surface area is 57.6 Å². The highest BCUT2D eigenvalue weighted by Crippen LogP contribution is 2.64. The van der Waals surface area contributed by atoms with Gasteiger partial charge in [-0.2, -0.15) is 0 Å². The van der Waals surface area contributed by atoms with Crippen molar-refractivity contribution in [3.05, 3.63) is 0 Å². The smallest absolute Gasteiger partial charge is 0.0308 e. The zero-order valence-electron chi connectivity index (χ0n) is 6.65. The van der Waals surface area contributed by atoms with Crippen molar-refractivity contribution >= 4 is 0 Å². The minimum absolute atomic E-state index is 0.711. The van der Waals surface area contributed by atoms with E-state index in [1.54, 1.807) is 0 Å². The van der Waals surface area contributed by atoms with Gasteiger partial charge in [0.15, 0.2) is 0 Å². The van der Waals surface area contributed by atoms with E-state index < -0.39 is 0 Å². The van der Waals surface area contributed by atoms with E-state index in [4.69, 9.17) is 0 Å². The predicted molar refractivity (Wildman–Crippen MR) is 39.2 cm³/mol. The molecule has 0 heteroatoms. The second-order valence-corrected chi connectivity index (χ2v) is 4.69. The molecule has 3 atom stereocenters. The Morgan fingerprint density at radius 3 is 2.22 bits per heavy atom. The lowest BCUT2D eigenvalue weighted by Crippen LogP contribution is -2.55. The highest BCUT2D eigenvalue weighted by atomic mass is 14.6. The Kier molecular flexibility index (Phi) is 0.868. The summed E-state index contributed by atoms with van der Waals surface area (Å²) < 4.78 is 0.